The van der Waals surface area contributed by atoms with Gasteiger partial charge < -0.3 is 15.5 Å². The van der Waals surface area contributed by atoms with Crippen LogP contribution in [0.2, 0.25) is 0 Å². The van der Waals surface area contributed by atoms with Gasteiger partial charge in [0.2, 0.25) is 0 Å². The van der Waals surface area contributed by atoms with Crippen LogP contribution in [0.3, 0.4) is 0 Å². The van der Waals surface area contributed by atoms with Crippen LogP contribution in [0, 0.1) is 0 Å². The minimum Gasteiger partial charge on any atom is -0.472 e. The molecule has 0 aliphatic carbocycles. The minimum atomic E-state index is -0.0987. The Labute approximate surface area is 85.7 Å². The highest BCUT2D eigenvalue weighted by Gasteiger charge is 2.15. The molecule has 1 aromatic heterocycles. The molecule has 3 N–H and O–H groups in total. The highest BCUT2D eigenvalue weighted by Crippen LogP contribution is 2.07. The van der Waals surface area contributed by atoms with Crippen molar-refractivity contribution in [2.75, 3.05) is 6.54 Å². The van der Waals surface area contributed by atoms with Gasteiger partial charge in [-0.15, -0.1) is 0 Å². The molecule has 1 rings (SSSR count). The van der Waals surface area contributed by atoms with Crippen LogP contribution >= 0.6 is 0 Å². The standard InChI is InChI=1S/C11H20N2O/c1-3-5-11(2,12)9-13-7-10-4-6-14-8-10/h4,6,8,13H,3,5,7,9,12H2,1-2H3. The fourth-order valence-corrected chi connectivity index (χ4v) is 1.55. The van der Waals surface area contributed by atoms with Gasteiger partial charge in [-0.05, 0) is 19.4 Å². The lowest BCUT2D eigenvalue weighted by Crippen LogP contribution is -2.45. The predicted octanol–water partition coefficient (Wildman–Crippen LogP) is 1.89. The van der Waals surface area contributed by atoms with E-state index < -0.39 is 0 Å². The maximum absolute atomic E-state index is 6.08. The summed E-state index contributed by atoms with van der Waals surface area (Å²) < 4.78 is 4.97. The largest absolute Gasteiger partial charge is 0.472 e. The van der Waals surface area contributed by atoms with Crippen LogP contribution in [0.25, 0.3) is 0 Å². The molecule has 3 nitrogen and oxygen atoms in total. The highest BCUT2D eigenvalue weighted by molar-refractivity contribution is 5.04. The molecular weight excluding hydrogens is 176 g/mol. The van der Waals surface area contributed by atoms with Crippen molar-refractivity contribution in [1.29, 1.82) is 0 Å². The van der Waals surface area contributed by atoms with Crippen LogP contribution < -0.4 is 11.1 Å². The first-order valence-corrected chi connectivity index (χ1v) is 5.15. The third-order valence-corrected chi connectivity index (χ3v) is 2.26. The summed E-state index contributed by atoms with van der Waals surface area (Å²) in [5.74, 6) is 0. The van der Waals surface area contributed by atoms with E-state index in [1.165, 1.54) is 0 Å². The molecule has 1 atom stereocenters. The lowest BCUT2D eigenvalue weighted by atomic mass is 9.98. The first kappa shape index (κ1) is 11.3. The van der Waals surface area contributed by atoms with Crippen molar-refractivity contribution in [3.8, 4) is 0 Å². The van der Waals surface area contributed by atoms with E-state index in [1.807, 2.05) is 6.07 Å². The lowest BCUT2D eigenvalue weighted by molar-refractivity contribution is 0.396. The van der Waals surface area contributed by atoms with Gasteiger partial charge in [0, 0.05) is 24.2 Å². The molecule has 0 spiro atoms. The molecule has 0 aliphatic heterocycles. The van der Waals surface area contributed by atoms with Gasteiger partial charge in [-0.1, -0.05) is 13.3 Å². The Morgan fingerprint density at radius 2 is 2.36 bits per heavy atom. The Bertz CT molecular complexity index is 242. The molecule has 0 fully saturated rings. The quantitative estimate of drug-likeness (QED) is 0.730. The first-order chi connectivity index (χ1) is 6.64. The molecule has 3 heteroatoms. The molecule has 0 aromatic carbocycles. The van der Waals surface area contributed by atoms with Gasteiger partial charge in [0.25, 0.3) is 0 Å². The zero-order valence-electron chi connectivity index (χ0n) is 9.05. The van der Waals surface area contributed by atoms with Crippen LogP contribution in [0.15, 0.2) is 23.0 Å². The molecule has 0 saturated carbocycles. The number of nitrogens with one attached hydrogen (secondary N) is 1. The van der Waals surface area contributed by atoms with Crippen molar-refractivity contribution >= 4 is 0 Å². The third kappa shape index (κ3) is 3.94. The molecule has 1 aromatic rings. The summed E-state index contributed by atoms with van der Waals surface area (Å²) in [6.45, 7) is 5.90. The van der Waals surface area contributed by atoms with Crippen molar-refractivity contribution in [3.63, 3.8) is 0 Å². The van der Waals surface area contributed by atoms with Gasteiger partial charge >= 0.3 is 0 Å². The van der Waals surface area contributed by atoms with Crippen LogP contribution in [0.1, 0.15) is 32.3 Å². The highest BCUT2D eigenvalue weighted by atomic mass is 16.3. The summed E-state index contributed by atoms with van der Waals surface area (Å²) in [4.78, 5) is 0. The maximum atomic E-state index is 6.08. The molecular formula is C11H20N2O. The van der Waals surface area contributed by atoms with Crippen molar-refractivity contribution < 1.29 is 4.42 Å². The van der Waals surface area contributed by atoms with Crippen LogP contribution in [-0.4, -0.2) is 12.1 Å². The second-order valence-corrected chi connectivity index (χ2v) is 4.14. The second kappa shape index (κ2) is 5.17. The van der Waals surface area contributed by atoms with Gasteiger partial charge in [-0.2, -0.15) is 0 Å². The zero-order valence-corrected chi connectivity index (χ0v) is 9.05. The number of nitrogens with two attached hydrogens (primary N) is 1. The number of hydrogen-bond acceptors (Lipinski definition) is 3. The topological polar surface area (TPSA) is 51.2 Å². The molecule has 0 bridgehead atoms. The van der Waals surface area contributed by atoms with Crippen molar-refractivity contribution in [2.45, 2.75) is 38.8 Å². The van der Waals surface area contributed by atoms with Crippen molar-refractivity contribution in [3.05, 3.63) is 24.2 Å². The Kier molecular flexibility index (Phi) is 4.17. The molecule has 0 saturated heterocycles. The van der Waals surface area contributed by atoms with E-state index >= 15 is 0 Å². The number of hydrogen-bond donors (Lipinski definition) is 2. The summed E-state index contributed by atoms with van der Waals surface area (Å²) in [5, 5.41) is 3.33. The van der Waals surface area contributed by atoms with E-state index in [9.17, 15) is 0 Å². The van der Waals surface area contributed by atoms with Gasteiger partial charge in [0.15, 0.2) is 0 Å². The summed E-state index contributed by atoms with van der Waals surface area (Å²) in [6.07, 6.45) is 5.61. The van der Waals surface area contributed by atoms with Crippen LogP contribution in [0.4, 0.5) is 0 Å². The van der Waals surface area contributed by atoms with Crippen LogP contribution in [0.5, 0.6) is 0 Å². The molecule has 1 heterocycles. The van der Waals surface area contributed by atoms with Crippen molar-refractivity contribution in [1.82, 2.24) is 5.32 Å². The van der Waals surface area contributed by atoms with E-state index in [4.69, 9.17) is 10.2 Å². The van der Waals surface area contributed by atoms with Crippen LogP contribution in [-0.2, 0) is 6.54 Å². The third-order valence-electron chi connectivity index (χ3n) is 2.26. The lowest BCUT2D eigenvalue weighted by Gasteiger charge is -2.24. The maximum Gasteiger partial charge on any atom is 0.0947 e. The van der Waals surface area contributed by atoms with E-state index in [2.05, 4.69) is 19.2 Å². The Morgan fingerprint density at radius 1 is 1.57 bits per heavy atom. The Hall–Kier alpha value is -0.800. The summed E-state index contributed by atoms with van der Waals surface area (Å²) in [5.41, 5.74) is 7.15. The SMILES string of the molecule is CCCC(C)(N)CNCc1ccoc1. The molecule has 0 radical (unpaired) electrons. The van der Waals surface area contributed by atoms with E-state index in [-0.39, 0.29) is 5.54 Å². The summed E-state index contributed by atoms with van der Waals surface area (Å²) in [6, 6.07) is 1.96. The average molecular weight is 196 g/mol. The van der Waals surface area contributed by atoms with E-state index in [1.54, 1.807) is 12.5 Å². The minimum absolute atomic E-state index is 0.0987. The monoisotopic (exact) mass is 196 g/mol. The van der Waals surface area contributed by atoms with E-state index in [0.29, 0.717) is 0 Å². The Balaban J connectivity index is 2.20. The fourth-order valence-electron chi connectivity index (χ4n) is 1.55. The Morgan fingerprint density at radius 3 is 2.93 bits per heavy atom. The number of rotatable bonds is 6. The normalized spacial score (nSPS) is 15.4. The number of furan rings is 1. The van der Waals surface area contributed by atoms with Gasteiger partial charge in [0.05, 0.1) is 12.5 Å². The molecule has 1 unspecified atom stereocenters. The molecule has 0 amide bonds. The second-order valence-electron chi connectivity index (χ2n) is 4.14. The summed E-state index contributed by atoms with van der Waals surface area (Å²) in [7, 11) is 0. The average Bonchev–Trinajstić information content (AvgIpc) is 2.56. The molecule has 80 valence electrons. The van der Waals surface area contributed by atoms with Gasteiger partial charge in [0.1, 0.15) is 0 Å². The van der Waals surface area contributed by atoms with Gasteiger partial charge in [-0.3, -0.25) is 0 Å². The predicted molar refractivity (Wildman–Crippen MR) is 57.9 cm³/mol. The molecule has 0 aliphatic rings. The first-order valence-electron chi connectivity index (χ1n) is 5.15. The molecule has 14 heavy (non-hydrogen) atoms. The zero-order chi connectivity index (χ0) is 10.4. The summed E-state index contributed by atoms with van der Waals surface area (Å²) >= 11 is 0. The van der Waals surface area contributed by atoms with Gasteiger partial charge in [-0.25, -0.2) is 0 Å². The van der Waals surface area contributed by atoms with E-state index in [0.717, 1.165) is 31.5 Å². The van der Waals surface area contributed by atoms with Crippen molar-refractivity contribution in [2.24, 2.45) is 5.73 Å². The fraction of sp³-hybridized carbons (Fsp3) is 0.636. The smallest absolute Gasteiger partial charge is 0.0947 e.